The standard InChI is InChI=1S/C31H42N8O6/c1-30(2,3)44-28(42)36(7)24-17-23(35-25-21(18-32-39(24)25)26(40)33-19-10-11-19)34-22-9-8-14-38(27(22)41)20-12-15-37(16-13-20)29(43)45-31(4,5)6/h8-9,14,17-20H,10-13,15-16H2,1-7H3,(H,33,40)(H,34,35). The van der Waals surface area contributed by atoms with Crippen LogP contribution in [0.3, 0.4) is 0 Å². The molecule has 4 heterocycles. The summed E-state index contributed by atoms with van der Waals surface area (Å²) < 4.78 is 14.1. The van der Waals surface area contributed by atoms with E-state index in [-0.39, 0.29) is 58.2 Å². The van der Waals surface area contributed by atoms with Gasteiger partial charge in [0.2, 0.25) is 0 Å². The van der Waals surface area contributed by atoms with Gasteiger partial charge < -0.3 is 29.6 Å². The summed E-state index contributed by atoms with van der Waals surface area (Å²) in [6.45, 7) is 11.7. The molecule has 5 rings (SSSR count). The zero-order valence-electron chi connectivity index (χ0n) is 26.9. The smallest absolute Gasteiger partial charge is 0.415 e. The monoisotopic (exact) mass is 622 g/mol. The second-order valence-electron chi connectivity index (χ2n) is 13.5. The third-order valence-corrected chi connectivity index (χ3v) is 7.37. The molecule has 2 N–H and O–H groups in total. The van der Waals surface area contributed by atoms with Crippen LogP contribution in [0, 0.1) is 0 Å². The second-order valence-corrected chi connectivity index (χ2v) is 13.5. The summed E-state index contributed by atoms with van der Waals surface area (Å²) in [4.78, 5) is 59.8. The van der Waals surface area contributed by atoms with Gasteiger partial charge in [-0.2, -0.15) is 9.61 Å². The lowest BCUT2D eigenvalue weighted by Gasteiger charge is -2.34. The Morgan fingerprint density at radius 1 is 1.00 bits per heavy atom. The Kier molecular flexibility index (Phi) is 8.51. The van der Waals surface area contributed by atoms with Gasteiger partial charge in [-0.3, -0.25) is 14.5 Å². The van der Waals surface area contributed by atoms with Gasteiger partial charge >= 0.3 is 12.2 Å². The van der Waals surface area contributed by atoms with Crippen molar-refractivity contribution < 1.29 is 23.9 Å². The van der Waals surface area contributed by atoms with E-state index in [4.69, 9.17) is 9.47 Å². The largest absolute Gasteiger partial charge is 0.444 e. The minimum atomic E-state index is -0.740. The highest BCUT2D eigenvalue weighted by atomic mass is 16.6. The van der Waals surface area contributed by atoms with Crippen molar-refractivity contribution in [1.29, 1.82) is 0 Å². The van der Waals surface area contributed by atoms with Gasteiger partial charge in [0.05, 0.1) is 6.20 Å². The average Bonchev–Trinajstić information content (AvgIpc) is 3.66. The molecule has 14 heteroatoms. The maximum Gasteiger partial charge on any atom is 0.415 e. The van der Waals surface area contributed by atoms with Gasteiger partial charge in [0.15, 0.2) is 5.65 Å². The Hall–Kier alpha value is -4.62. The Balaban J connectivity index is 1.43. The summed E-state index contributed by atoms with van der Waals surface area (Å²) in [6, 6.07) is 4.99. The van der Waals surface area contributed by atoms with Crippen LogP contribution >= 0.6 is 0 Å². The zero-order chi connectivity index (χ0) is 32.7. The summed E-state index contributed by atoms with van der Waals surface area (Å²) in [5, 5.41) is 10.4. The number of pyridine rings is 1. The number of hydrogen-bond acceptors (Lipinski definition) is 9. The summed E-state index contributed by atoms with van der Waals surface area (Å²) >= 11 is 0. The lowest BCUT2D eigenvalue weighted by Crippen LogP contribution is -2.43. The predicted molar refractivity (Wildman–Crippen MR) is 168 cm³/mol. The fraction of sp³-hybridized carbons (Fsp3) is 0.548. The van der Waals surface area contributed by atoms with E-state index in [1.165, 1.54) is 22.7 Å². The van der Waals surface area contributed by atoms with Crippen LogP contribution in [-0.2, 0) is 9.47 Å². The molecule has 0 aromatic carbocycles. The van der Waals surface area contributed by atoms with Gasteiger partial charge in [-0.15, -0.1) is 0 Å². The highest BCUT2D eigenvalue weighted by Gasteiger charge is 2.30. The van der Waals surface area contributed by atoms with E-state index in [1.807, 2.05) is 20.8 Å². The molecule has 1 aliphatic heterocycles. The van der Waals surface area contributed by atoms with Crippen LogP contribution < -0.4 is 21.1 Å². The van der Waals surface area contributed by atoms with E-state index in [1.54, 1.807) is 54.6 Å². The SMILES string of the molecule is CN(C(=O)OC(C)(C)C)c1cc(Nc2cccn(C3CCN(C(=O)OC(C)(C)C)CC3)c2=O)nc2c(C(=O)NC3CC3)cnn12. The van der Waals surface area contributed by atoms with Gasteiger partial charge in [-0.25, -0.2) is 14.6 Å². The fourth-order valence-electron chi connectivity index (χ4n) is 5.01. The van der Waals surface area contributed by atoms with E-state index in [9.17, 15) is 19.2 Å². The molecule has 1 saturated heterocycles. The number of carbonyl (C=O) groups excluding carboxylic acids is 3. The molecular formula is C31H42N8O6. The fourth-order valence-corrected chi connectivity index (χ4v) is 5.01. The van der Waals surface area contributed by atoms with E-state index in [0.717, 1.165) is 12.8 Å². The Morgan fingerprint density at radius 3 is 2.29 bits per heavy atom. The van der Waals surface area contributed by atoms with Gasteiger partial charge in [-0.1, -0.05) is 0 Å². The van der Waals surface area contributed by atoms with Crippen molar-refractivity contribution >= 4 is 41.1 Å². The van der Waals surface area contributed by atoms with E-state index >= 15 is 0 Å². The number of hydrogen-bond donors (Lipinski definition) is 2. The van der Waals surface area contributed by atoms with Gasteiger partial charge in [0.25, 0.3) is 11.5 Å². The number of rotatable bonds is 6. The molecule has 1 saturated carbocycles. The third kappa shape index (κ3) is 7.55. The third-order valence-electron chi connectivity index (χ3n) is 7.37. The second kappa shape index (κ2) is 12.1. The minimum absolute atomic E-state index is 0.116. The number of ether oxygens (including phenoxy) is 2. The first-order valence-electron chi connectivity index (χ1n) is 15.2. The maximum atomic E-state index is 13.7. The number of likely N-dealkylation sites (tertiary alicyclic amines) is 1. The lowest BCUT2D eigenvalue weighted by molar-refractivity contribution is 0.0187. The summed E-state index contributed by atoms with van der Waals surface area (Å²) in [7, 11) is 1.54. The number of nitrogens with one attached hydrogen (secondary N) is 2. The summed E-state index contributed by atoms with van der Waals surface area (Å²) in [5.41, 5.74) is -0.866. The van der Waals surface area contributed by atoms with Crippen molar-refractivity contribution in [3.63, 3.8) is 0 Å². The molecule has 1 aliphatic carbocycles. The van der Waals surface area contributed by atoms with Crippen molar-refractivity contribution in [3.05, 3.63) is 46.5 Å². The summed E-state index contributed by atoms with van der Waals surface area (Å²) in [6.07, 6.45) is 5.17. The van der Waals surface area contributed by atoms with Crippen molar-refractivity contribution in [1.82, 2.24) is 29.4 Å². The van der Waals surface area contributed by atoms with Crippen LogP contribution in [0.15, 0.2) is 35.4 Å². The number of fused-ring (bicyclic) bond motifs is 1. The molecule has 0 bridgehead atoms. The molecule has 3 aromatic heterocycles. The molecule has 14 nitrogen and oxygen atoms in total. The molecule has 45 heavy (non-hydrogen) atoms. The Morgan fingerprint density at radius 2 is 1.67 bits per heavy atom. The zero-order valence-corrected chi connectivity index (χ0v) is 26.9. The normalized spacial score (nSPS) is 15.9. The molecule has 3 aromatic rings. The van der Waals surface area contributed by atoms with E-state index in [0.29, 0.717) is 25.9 Å². The predicted octanol–water partition coefficient (Wildman–Crippen LogP) is 4.47. The summed E-state index contributed by atoms with van der Waals surface area (Å²) in [5.74, 6) is 0.208. The average molecular weight is 623 g/mol. The van der Waals surface area contributed by atoms with Crippen LogP contribution in [0.25, 0.3) is 5.65 Å². The van der Waals surface area contributed by atoms with Crippen LogP contribution in [-0.4, -0.2) is 79.5 Å². The van der Waals surface area contributed by atoms with Gasteiger partial charge in [0, 0.05) is 44.5 Å². The molecular weight excluding hydrogens is 580 g/mol. The number of carbonyl (C=O) groups is 3. The van der Waals surface area contributed by atoms with Crippen molar-refractivity contribution in [2.24, 2.45) is 0 Å². The van der Waals surface area contributed by atoms with Crippen molar-refractivity contribution in [2.45, 2.75) is 90.5 Å². The lowest BCUT2D eigenvalue weighted by atomic mass is 10.0. The first-order valence-corrected chi connectivity index (χ1v) is 15.2. The van der Waals surface area contributed by atoms with Crippen LogP contribution in [0.4, 0.5) is 26.9 Å². The quantitative estimate of drug-likeness (QED) is 0.406. The van der Waals surface area contributed by atoms with Crippen LogP contribution in [0.1, 0.15) is 83.6 Å². The van der Waals surface area contributed by atoms with Crippen LogP contribution in [0.5, 0.6) is 0 Å². The molecule has 2 aliphatic rings. The van der Waals surface area contributed by atoms with Gasteiger partial charge in [-0.05, 0) is 79.4 Å². The van der Waals surface area contributed by atoms with E-state index in [2.05, 4.69) is 20.7 Å². The molecule has 0 spiro atoms. The van der Waals surface area contributed by atoms with Gasteiger partial charge in [0.1, 0.15) is 34.1 Å². The first kappa shape index (κ1) is 31.8. The van der Waals surface area contributed by atoms with Crippen LogP contribution in [0.2, 0.25) is 0 Å². The molecule has 0 unspecified atom stereocenters. The Bertz CT molecular complexity index is 1650. The first-order chi connectivity index (χ1) is 21.1. The highest BCUT2D eigenvalue weighted by molar-refractivity contribution is 6.00. The maximum absolute atomic E-state index is 13.7. The topological polar surface area (TPSA) is 152 Å². The molecule has 0 atom stereocenters. The number of nitrogens with zero attached hydrogens (tertiary/aromatic N) is 6. The molecule has 242 valence electrons. The number of amides is 3. The highest BCUT2D eigenvalue weighted by Crippen LogP contribution is 2.27. The number of anilines is 3. The number of aromatic nitrogens is 4. The Labute approximate surface area is 261 Å². The van der Waals surface area contributed by atoms with Crippen molar-refractivity contribution in [2.75, 3.05) is 30.4 Å². The number of piperidine rings is 1. The molecule has 2 fully saturated rings. The van der Waals surface area contributed by atoms with E-state index < -0.39 is 17.3 Å². The van der Waals surface area contributed by atoms with Crippen molar-refractivity contribution in [3.8, 4) is 0 Å². The minimum Gasteiger partial charge on any atom is -0.444 e. The molecule has 3 amide bonds. The molecule has 0 radical (unpaired) electrons.